The SMILES string of the molecule is CC(C)[C@H](C)S(=O)(=O)CN. The Balaban J connectivity index is 4.35. The average Bonchev–Trinajstić information content (AvgIpc) is 1.86. The van der Waals surface area contributed by atoms with Crippen molar-refractivity contribution >= 4 is 9.84 Å². The zero-order valence-corrected chi connectivity index (χ0v) is 7.48. The normalized spacial score (nSPS) is 15.7. The van der Waals surface area contributed by atoms with Crippen molar-refractivity contribution in [3.05, 3.63) is 0 Å². The van der Waals surface area contributed by atoms with Crippen molar-refractivity contribution in [3.8, 4) is 0 Å². The Bertz CT molecular complexity index is 184. The maximum atomic E-state index is 11.0. The highest BCUT2D eigenvalue weighted by Crippen LogP contribution is 2.10. The Labute approximate surface area is 62.5 Å². The topological polar surface area (TPSA) is 60.2 Å². The first-order valence-electron chi connectivity index (χ1n) is 3.33. The van der Waals surface area contributed by atoms with Gasteiger partial charge in [0, 0.05) is 0 Å². The Kier molecular flexibility index (Phi) is 3.31. The molecule has 0 bridgehead atoms. The van der Waals surface area contributed by atoms with Gasteiger partial charge < -0.3 is 5.73 Å². The van der Waals surface area contributed by atoms with Crippen LogP contribution in [0.15, 0.2) is 0 Å². The molecule has 0 fully saturated rings. The first-order chi connectivity index (χ1) is 4.41. The summed E-state index contributed by atoms with van der Waals surface area (Å²) in [6, 6.07) is 0. The van der Waals surface area contributed by atoms with Crippen LogP contribution in [-0.4, -0.2) is 19.5 Å². The van der Waals surface area contributed by atoms with Crippen LogP contribution in [0.5, 0.6) is 0 Å². The molecule has 0 spiro atoms. The Morgan fingerprint density at radius 3 is 1.80 bits per heavy atom. The van der Waals surface area contributed by atoms with Crippen molar-refractivity contribution in [2.45, 2.75) is 26.0 Å². The Hall–Kier alpha value is -0.0900. The monoisotopic (exact) mass is 165 g/mol. The maximum Gasteiger partial charge on any atom is 0.165 e. The lowest BCUT2D eigenvalue weighted by Crippen LogP contribution is -2.29. The average molecular weight is 165 g/mol. The second kappa shape index (κ2) is 3.34. The molecule has 3 nitrogen and oxygen atoms in total. The molecule has 0 radical (unpaired) electrons. The molecule has 10 heavy (non-hydrogen) atoms. The van der Waals surface area contributed by atoms with Crippen molar-refractivity contribution in [2.75, 3.05) is 5.88 Å². The lowest BCUT2D eigenvalue weighted by atomic mass is 10.2. The van der Waals surface area contributed by atoms with Crippen LogP contribution in [0.1, 0.15) is 20.8 Å². The predicted octanol–water partition coefficient (Wildman–Crippen LogP) is 0.362. The summed E-state index contributed by atoms with van der Waals surface area (Å²) < 4.78 is 22.0. The largest absolute Gasteiger partial charge is 0.318 e. The van der Waals surface area contributed by atoms with Gasteiger partial charge in [0.15, 0.2) is 9.84 Å². The van der Waals surface area contributed by atoms with Crippen LogP contribution >= 0.6 is 0 Å². The van der Waals surface area contributed by atoms with Crippen LogP contribution in [-0.2, 0) is 9.84 Å². The molecule has 0 rings (SSSR count). The summed E-state index contributed by atoms with van der Waals surface area (Å²) in [5.74, 6) is -0.0969. The number of hydrogen-bond donors (Lipinski definition) is 1. The first-order valence-corrected chi connectivity index (χ1v) is 5.05. The summed E-state index contributed by atoms with van der Waals surface area (Å²) >= 11 is 0. The molecule has 0 saturated carbocycles. The van der Waals surface area contributed by atoms with Gasteiger partial charge in [-0.25, -0.2) is 8.42 Å². The van der Waals surface area contributed by atoms with Crippen molar-refractivity contribution in [1.29, 1.82) is 0 Å². The number of nitrogens with two attached hydrogens (primary N) is 1. The highest BCUT2D eigenvalue weighted by atomic mass is 32.2. The molecule has 0 saturated heterocycles. The number of hydrogen-bond acceptors (Lipinski definition) is 3. The lowest BCUT2D eigenvalue weighted by Gasteiger charge is -2.14. The summed E-state index contributed by atoms with van der Waals surface area (Å²) in [7, 11) is -3.02. The second-order valence-corrected chi connectivity index (χ2v) is 5.18. The molecule has 62 valence electrons. The van der Waals surface area contributed by atoms with E-state index in [9.17, 15) is 8.42 Å². The van der Waals surface area contributed by atoms with E-state index in [4.69, 9.17) is 5.73 Å². The fourth-order valence-electron chi connectivity index (χ4n) is 0.566. The van der Waals surface area contributed by atoms with Crippen molar-refractivity contribution in [3.63, 3.8) is 0 Å². The van der Waals surface area contributed by atoms with Gasteiger partial charge in [0.1, 0.15) is 0 Å². The molecule has 4 heteroatoms. The van der Waals surface area contributed by atoms with E-state index in [-0.39, 0.29) is 17.0 Å². The zero-order chi connectivity index (χ0) is 8.36. The predicted molar refractivity (Wildman–Crippen MR) is 42.3 cm³/mol. The summed E-state index contributed by atoms with van der Waals surface area (Å²) in [5.41, 5.74) is 5.06. The van der Waals surface area contributed by atoms with Gasteiger partial charge in [-0.3, -0.25) is 0 Å². The number of rotatable bonds is 3. The highest BCUT2D eigenvalue weighted by molar-refractivity contribution is 7.91. The van der Waals surface area contributed by atoms with Crippen molar-refractivity contribution in [1.82, 2.24) is 0 Å². The third-order valence-corrected chi connectivity index (χ3v) is 3.88. The van der Waals surface area contributed by atoms with E-state index in [2.05, 4.69) is 0 Å². The molecule has 2 N–H and O–H groups in total. The van der Waals surface area contributed by atoms with Crippen molar-refractivity contribution < 1.29 is 8.42 Å². The van der Waals surface area contributed by atoms with E-state index in [1.807, 2.05) is 13.8 Å². The van der Waals surface area contributed by atoms with Crippen LogP contribution < -0.4 is 5.73 Å². The number of sulfone groups is 1. The van der Waals surface area contributed by atoms with E-state index in [1.165, 1.54) is 0 Å². The highest BCUT2D eigenvalue weighted by Gasteiger charge is 2.21. The van der Waals surface area contributed by atoms with Gasteiger partial charge in [-0.2, -0.15) is 0 Å². The van der Waals surface area contributed by atoms with Crippen LogP contribution in [0.25, 0.3) is 0 Å². The molecule has 0 heterocycles. The third kappa shape index (κ3) is 2.27. The summed E-state index contributed by atoms with van der Waals surface area (Å²) in [5, 5.41) is -0.322. The molecule has 0 unspecified atom stereocenters. The quantitative estimate of drug-likeness (QED) is 0.657. The van der Waals surface area contributed by atoms with Gasteiger partial charge in [0.05, 0.1) is 11.1 Å². The van der Waals surface area contributed by atoms with Crippen LogP contribution in [0.4, 0.5) is 0 Å². The molecule has 1 atom stereocenters. The lowest BCUT2D eigenvalue weighted by molar-refractivity contribution is 0.546. The van der Waals surface area contributed by atoms with Gasteiger partial charge in [0.25, 0.3) is 0 Å². The maximum absolute atomic E-state index is 11.0. The smallest absolute Gasteiger partial charge is 0.165 e. The minimum atomic E-state index is -3.02. The summed E-state index contributed by atoms with van der Waals surface area (Å²) in [6.45, 7) is 5.43. The molecule has 0 aliphatic heterocycles. The summed E-state index contributed by atoms with van der Waals surface area (Å²) in [6.07, 6.45) is 0. The Morgan fingerprint density at radius 1 is 1.30 bits per heavy atom. The van der Waals surface area contributed by atoms with E-state index in [0.29, 0.717) is 0 Å². The molecule has 0 aromatic rings. The molecular formula is C6H15NO2S. The van der Waals surface area contributed by atoms with E-state index < -0.39 is 9.84 Å². The van der Waals surface area contributed by atoms with E-state index >= 15 is 0 Å². The fraction of sp³-hybridized carbons (Fsp3) is 1.00. The van der Waals surface area contributed by atoms with Crippen LogP contribution in [0.2, 0.25) is 0 Å². The van der Waals surface area contributed by atoms with Gasteiger partial charge in [-0.05, 0) is 12.8 Å². The molecule has 0 aliphatic rings. The standard InChI is InChI=1S/C6H15NO2S/c1-5(2)6(3)10(8,9)4-7/h5-6H,4,7H2,1-3H3/t6-/m0/s1. The van der Waals surface area contributed by atoms with Gasteiger partial charge in [-0.15, -0.1) is 0 Å². The second-order valence-electron chi connectivity index (χ2n) is 2.78. The molecule has 0 aromatic heterocycles. The third-order valence-electron chi connectivity index (χ3n) is 1.74. The van der Waals surface area contributed by atoms with Crippen LogP contribution in [0, 0.1) is 5.92 Å². The van der Waals surface area contributed by atoms with Gasteiger partial charge >= 0.3 is 0 Å². The fourth-order valence-corrected chi connectivity index (χ4v) is 1.70. The van der Waals surface area contributed by atoms with Gasteiger partial charge in [0.2, 0.25) is 0 Å². The molecule has 0 aromatic carbocycles. The summed E-state index contributed by atoms with van der Waals surface area (Å²) in [4.78, 5) is 0. The molecular weight excluding hydrogens is 150 g/mol. The van der Waals surface area contributed by atoms with Crippen molar-refractivity contribution in [2.24, 2.45) is 11.7 Å². The molecule has 0 amide bonds. The van der Waals surface area contributed by atoms with Gasteiger partial charge in [-0.1, -0.05) is 13.8 Å². The minimum Gasteiger partial charge on any atom is -0.318 e. The minimum absolute atomic E-state index is 0.147. The van der Waals surface area contributed by atoms with E-state index in [1.54, 1.807) is 6.92 Å². The Morgan fingerprint density at radius 2 is 1.70 bits per heavy atom. The first kappa shape index (κ1) is 9.91. The molecule has 0 aliphatic carbocycles. The zero-order valence-electron chi connectivity index (χ0n) is 6.66. The van der Waals surface area contributed by atoms with Crippen LogP contribution in [0.3, 0.4) is 0 Å². The van der Waals surface area contributed by atoms with E-state index in [0.717, 1.165) is 0 Å².